The van der Waals surface area contributed by atoms with Gasteiger partial charge in [-0.3, -0.25) is 14.9 Å². The monoisotopic (exact) mass is 388 g/mol. The van der Waals surface area contributed by atoms with E-state index in [-0.39, 0.29) is 17.7 Å². The van der Waals surface area contributed by atoms with Crippen LogP contribution in [0.5, 0.6) is 0 Å². The average molecular weight is 388 g/mol. The molecule has 3 rings (SSSR count). The van der Waals surface area contributed by atoms with Crippen molar-refractivity contribution < 1.29 is 9.59 Å². The minimum atomic E-state index is -0.255. The number of piperidine rings is 1. The predicted octanol–water partition coefficient (Wildman–Crippen LogP) is 2.27. The Morgan fingerprint density at radius 3 is 2.56 bits per heavy atom. The summed E-state index contributed by atoms with van der Waals surface area (Å²) < 4.78 is 0. The van der Waals surface area contributed by atoms with Crippen molar-refractivity contribution in [1.29, 1.82) is 0 Å². The lowest BCUT2D eigenvalue weighted by Crippen LogP contribution is -2.42. The minimum absolute atomic E-state index is 0.0955. The summed E-state index contributed by atoms with van der Waals surface area (Å²) in [5.74, 6) is 0.931. The molecular formula is C18H24N6O2S. The zero-order valence-corrected chi connectivity index (χ0v) is 16.4. The fraction of sp³-hybridized carbons (Fsp3) is 0.500. The fourth-order valence-corrected chi connectivity index (χ4v) is 3.69. The van der Waals surface area contributed by atoms with E-state index in [2.05, 4.69) is 25.4 Å². The van der Waals surface area contributed by atoms with E-state index in [0.717, 1.165) is 44.8 Å². The Hall–Kier alpha value is -2.55. The van der Waals surface area contributed by atoms with Crippen LogP contribution in [0.2, 0.25) is 0 Å². The number of rotatable bonds is 6. The zero-order chi connectivity index (χ0) is 19.2. The van der Waals surface area contributed by atoms with Crippen molar-refractivity contribution in [2.45, 2.75) is 26.7 Å². The Labute approximate surface area is 162 Å². The van der Waals surface area contributed by atoms with Crippen molar-refractivity contribution in [3.05, 3.63) is 29.4 Å². The molecule has 0 saturated carbocycles. The number of anilines is 2. The molecule has 9 heteroatoms. The number of hydrogen-bond donors (Lipinski definition) is 1. The zero-order valence-electron chi connectivity index (χ0n) is 15.6. The molecule has 144 valence electrons. The van der Waals surface area contributed by atoms with Gasteiger partial charge in [-0.25, -0.2) is 4.98 Å². The summed E-state index contributed by atoms with van der Waals surface area (Å²) in [5, 5.41) is 10.6. The summed E-state index contributed by atoms with van der Waals surface area (Å²) in [5.41, 5.74) is 2.03. The normalized spacial score (nSPS) is 14.8. The molecule has 0 bridgehead atoms. The lowest BCUT2D eigenvalue weighted by atomic mass is 9.95. The highest BCUT2D eigenvalue weighted by Crippen LogP contribution is 2.23. The van der Waals surface area contributed by atoms with Crippen LogP contribution in [-0.4, -0.2) is 58.1 Å². The average Bonchev–Trinajstić information content (AvgIpc) is 3.22. The maximum atomic E-state index is 12.5. The lowest BCUT2D eigenvalue weighted by molar-refractivity contribution is -0.135. The third kappa shape index (κ3) is 4.60. The molecule has 2 aromatic rings. The van der Waals surface area contributed by atoms with E-state index >= 15 is 0 Å². The standard InChI is InChI=1S/C18H24N6O2S/c1-3-23(4-2)17(26)13-7-9-24(10-8-13)15-6-5-14(11-19-15)16(25)21-18-22-20-12-27-18/h5-6,11-13H,3-4,7-10H2,1-2H3,(H,21,22,25). The number of carbonyl (C=O) groups is 2. The van der Waals surface area contributed by atoms with Gasteiger partial charge in [0, 0.05) is 38.3 Å². The molecule has 0 atom stereocenters. The number of nitrogens with zero attached hydrogens (tertiary/aromatic N) is 5. The highest BCUT2D eigenvalue weighted by molar-refractivity contribution is 7.13. The van der Waals surface area contributed by atoms with Gasteiger partial charge in [-0.15, -0.1) is 10.2 Å². The number of amides is 2. The Morgan fingerprint density at radius 1 is 1.26 bits per heavy atom. The molecule has 2 amide bonds. The highest BCUT2D eigenvalue weighted by atomic mass is 32.1. The van der Waals surface area contributed by atoms with E-state index in [1.165, 1.54) is 11.3 Å². The molecule has 1 aliphatic heterocycles. The molecule has 3 heterocycles. The van der Waals surface area contributed by atoms with Gasteiger partial charge in [-0.1, -0.05) is 11.3 Å². The van der Waals surface area contributed by atoms with Crippen LogP contribution < -0.4 is 10.2 Å². The van der Waals surface area contributed by atoms with Crippen LogP contribution in [0.15, 0.2) is 23.8 Å². The maximum Gasteiger partial charge on any atom is 0.259 e. The topological polar surface area (TPSA) is 91.3 Å². The first-order valence-electron chi connectivity index (χ1n) is 9.19. The summed E-state index contributed by atoms with van der Waals surface area (Å²) in [4.78, 5) is 33.2. The Kier molecular flexibility index (Phi) is 6.33. The van der Waals surface area contributed by atoms with Crippen molar-refractivity contribution in [3.8, 4) is 0 Å². The minimum Gasteiger partial charge on any atom is -0.357 e. The molecule has 2 aromatic heterocycles. The molecule has 1 N–H and O–H groups in total. The molecule has 0 radical (unpaired) electrons. The largest absolute Gasteiger partial charge is 0.357 e. The van der Waals surface area contributed by atoms with Crippen LogP contribution in [-0.2, 0) is 4.79 Å². The van der Waals surface area contributed by atoms with Gasteiger partial charge in [0.25, 0.3) is 5.91 Å². The second-order valence-corrected chi connectivity index (χ2v) is 7.21. The van der Waals surface area contributed by atoms with Gasteiger partial charge in [0.05, 0.1) is 5.56 Å². The molecule has 27 heavy (non-hydrogen) atoms. The molecule has 8 nitrogen and oxygen atoms in total. The Balaban J connectivity index is 1.55. The van der Waals surface area contributed by atoms with Crippen LogP contribution in [0.1, 0.15) is 37.0 Å². The molecule has 1 fully saturated rings. The SMILES string of the molecule is CCN(CC)C(=O)C1CCN(c2ccc(C(=O)Nc3nncs3)cn2)CC1. The molecule has 1 aliphatic rings. The quantitative estimate of drug-likeness (QED) is 0.816. The highest BCUT2D eigenvalue weighted by Gasteiger charge is 2.28. The Bertz CT molecular complexity index is 753. The van der Waals surface area contributed by atoms with Crippen molar-refractivity contribution in [2.75, 3.05) is 36.4 Å². The van der Waals surface area contributed by atoms with E-state index < -0.39 is 0 Å². The summed E-state index contributed by atoms with van der Waals surface area (Å²) in [6, 6.07) is 3.60. The van der Waals surface area contributed by atoms with Gasteiger partial charge < -0.3 is 9.80 Å². The van der Waals surface area contributed by atoms with Crippen LogP contribution in [0.25, 0.3) is 0 Å². The molecule has 0 aliphatic carbocycles. The van der Waals surface area contributed by atoms with Gasteiger partial charge in [-0.2, -0.15) is 0 Å². The second-order valence-electron chi connectivity index (χ2n) is 6.37. The number of nitrogens with one attached hydrogen (secondary N) is 1. The van der Waals surface area contributed by atoms with Gasteiger partial charge in [0.2, 0.25) is 11.0 Å². The molecular weight excluding hydrogens is 364 g/mol. The van der Waals surface area contributed by atoms with E-state index in [1.807, 2.05) is 24.8 Å². The van der Waals surface area contributed by atoms with Crippen LogP contribution in [0.3, 0.4) is 0 Å². The van der Waals surface area contributed by atoms with Crippen LogP contribution in [0, 0.1) is 5.92 Å². The maximum absolute atomic E-state index is 12.5. The first kappa shape index (κ1) is 19.2. The van der Waals surface area contributed by atoms with E-state index in [9.17, 15) is 9.59 Å². The smallest absolute Gasteiger partial charge is 0.259 e. The number of hydrogen-bond acceptors (Lipinski definition) is 7. The third-order valence-corrected chi connectivity index (χ3v) is 5.44. The van der Waals surface area contributed by atoms with Gasteiger partial charge in [-0.05, 0) is 38.8 Å². The lowest BCUT2D eigenvalue weighted by Gasteiger charge is -2.34. The van der Waals surface area contributed by atoms with Gasteiger partial charge in [0.15, 0.2) is 0 Å². The molecule has 0 aromatic carbocycles. The Morgan fingerprint density at radius 2 is 2.00 bits per heavy atom. The van der Waals surface area contributed by atoms with Gasteiger partial charge in [0.1, 0.15) is 11.3 Å². The van der Waals surface area contributed by atoms with Crippen molar-refractivity contribution in [3.63, 3.8) is 0 Å². The summed E-state index contributed by atoms with van der Waals surface area (Å²) in [6.07, 6.45) is 3.23. The fourth-order valence-electron chi connectivity index (χ4n) is 3.25. The molecule has 0 spiro atoms. The van der Waals surface area contributed by atoms with Crippen molar-refractivity contribution in [1.82, 2.24) is 20.1 Å². The van der Waals surface area contributed by atoms with Crippen molar-refractivity contribution in [2.24, 2.45) is 5.92 Å². The summed E-state index contributed by atoms with van der Waals surface area (Å²) >= 11 is 1.27. The number of pyridine rings is 1. The molecule has 0 unspecified atom stereocenters. The summed E-state index contributed by atoms with van der Waals surface area (Å²) in [7, 11) is 0. The van der Waals surface area contributed by atoms with E-state index in [4.69, 9.17) is 0 Å². The van der Waals surface area contributed by atoms with E-state index in [0.29, 0.717) is 10.7 Å². The van der Waals surface area contributed by atoms with E-state index in [1.54, 1.807) is 17.8 Å². The first-order valence-corrected chi connectivity index (χ1v) is 10.1. The third-order valence-electron chi connectivity index (χ3n) is 4.83. The number of carbonyl (C=O) groups excluding carboxylic acids is 2. The van der Waals surface area contributed by atoms with Gasteiger partial charge >= 0.3 is 0 Å². The first-order chi connectivity index (χ1) is 13.1. The number of aromatic nitrogens is 3. The van der Waals surface area contributed by atoms with Crippen LogP contribution in [0.4, 0.5) is 10.9 Å². The predicted molar refractivity (Wildman–Crippen MR) is 105 cm³/mol. The summed E-state index contributed by atoms with van der Waals surface area (Å²) in [6.45, 7) is 7.14. The second kappa shape index (κ2) is 8.90. The van der Waals surface area contributed by atoms with Crippen LogP contribution >= 0.6 is 11.3 Å². The molecule has 1 saturated heterocycles. The van der Waals surface area contributed by atoms with Crippen molar-refractivity contribution >= 4 is 34.1 Å².